The summed E-state index contributed by atoms with van der Waals surface area (Å²) in [5, 5.41) is 14.1. The number of rotatable bonds is 6. The Morgan fingerprint density at radius 3 is 1.41 bits per heavy atom. The van der Waals surface area contributed by atoms with Crippen LogP contribution >= 0.6 is 0 Å². The Bertz CT molecular complexity index is 2090. The molecule has 0 bridgehead atoms. The molecule has 2 amide bonds. The summed E-state index contributed by atoms with van der Waals surface area (Å²) in [7, 11) is 0. The van der Waals surface area contributed by atoms with E-state index >= 15 is 0 Å². The molecule has 4 N–H and O–H groups in total. The second-order valence-electron chi connectivity index (χ2n) is 11.6. The standard InChI is InChI=1S/C40H30N4O2/c45-37(27-13-5-1-6-14-27)41-31-22-24-35-34(25-31)40(30-19-11-4-12-20-30)39(43-35,29-17-9-3-10-18-29)33-23-21-32(26-36(33)44-40)42-38(46)28-15-7-2-8-16-28/h1-26,43-44H,(H,41,45)(H,42,46)/t39-,40+/m1/s1. The highest BCUT2D eigenvalue weighted by atomic mass is 16.2. The molecule has 0 saturated heterocycles. The lowest BCUT2D eigenvalue weighted by molar-refractivity contribution is 0.101. The molecule has 222 valence electrons. The number of hydrogen-bond acceptors (Lipinski definition) is 4. The Morgan fingerprint density at radius 1 is 0.435 bits per heavy atom. The molecule has 0 radical (unpaired) electrons. The maximum atomic E-state index is 13.2. The lowest BCUT2D eigenvalue weighted by Crippen LogP contribution is -2.51. The third-order valence-electron chi connectivity index (χ3n) is 9.06. The zero-order chi connectivity index (χ0) is 31.1. The van der Waals surface area contributed by atoms with Crippen molar-refractivity contribution < 1.29 is 9.59 Å². The van der Waals surface area contributed by atoms with Crippen molar-refractivity contribution in [3.63, 3.8) is 0 Å². The topological polar surface area (TPSA) is 82.3 Å². The van der Waals surface area contributed by atoms with Crippen molar-refractivity contribution in [2.75, 3.05) is 21.3 Å². The van der Waals surface area contributed by atoms with Crippen LogP contribution in [0.3, 0.4) is 0 Å². The van der Waals surface area contributed by atoms with Crippen LogP contribution in [0.5, 0.6) is 0 Å². The number of amides is 2. The van der Waals surface area contributed by atoms with Gasteiger partial charge in [-0.25, -0.2) is 0 Å². The minimum atomic E-state index is -0.803. The molecule has 2 aliphatic heterocycles. The first-order valence-electron chi connectivity index (χ1n) is 15.3. The van der Waals surface area contributed by atoms with Crippen molar-refractivity contribution in [1.82, 2.24) is 0 Å². The van der Waals surface area contributed by atoms with E-state index in [9.17, 15) is 9.59 Å². The summed E-state index contributed by atoms with van der Waals surface area (Å²) in [6.45, 7) is 0. The van der Waals surface area contributed by atoms with E-state index < -0.39 is 11.1 Å². The van der Waals surface area contributed by atoms with Gasteiger partial charge in [0.2, 0.25) is 0 Å². The second-order valence-corrected chi connectivity index (χ2v) is 11.6. The number of carbonyl (C=O) groups is 2. The van der Waals surface area contributed by atoms with Gasteiger partial charge in [0, 0.05) is 45.0 Å². The maximum Gasteiger partial charge on any atom is 0.255 e. The van der Waals surface area contributed by atoms with Crippen LogP contribution in [0.2, 0.25) is 0 Å². The Kier molecular flexibility index (Phi) is 6.43. The van der Waals surface area contributed by atoms with Gasteiger partial charge in [0.05, 0.1) is 0 Å². The van der Waals surface area contributed by atoms with Crippen molar-refractivity contribution in [2.24, 2.45) is 0 Å². The molecule has 6 nitrogen and oxygen atoms in total. The number of nitrogens with one attached hydrogen (secondary N) is 4. The predicted octanol–water partition coefficient (Wildman–Crippen LogP) is 8.23. The van der Waals surface area contributed by atoms with Crippen LogP contribution < -0.4 is 21.3 Å². The van der Waals surface area contributed by atoms with Gasteiger partial charge in [-0.2, -0.15) is 0 Å². The monoisotopic (exact) mass is 598 g/mol. The first-order valence-corrected chi connectivity index (χ1v) is 15.3. The van der Waals surface area contributed by atoms with Gasteiger partial charge in [0.25, 0.3) is 11.8 Å². The van der Waals surface area contributed by atoms with Gasteiger partial charge >= 0.3 is 0 Å². The maximum absolute atomic E-state index is 13.2. The fourth-order valence-electron chi connectivity index (χ4n) is 7.07. The smallest absolute Gasteiger partial charge is 0.255 e. The first kappa shape index (κ1) is 27.4. The van der Waals surface area contributed by atoms with E-state index in [-0.39, 0.29) is 11.8 Å². The molecule has 0 aromatic heterocycles. The molecule has 2 atom stereocenters. The van der Waals surface area contributed by atoms with E-state index in [2.05, 4.69) is 81.9 Å². The molecule has 0 saturated carbocycles. The Balaban J connectivity index is 1.29. The Hall–Kier alpha value is -6.14. The fourth-order valence-corrected chi connectivity index (χ4v) is 7.07. The number of hydrogen-bond donors (Lipinski definition) is 4. The third kappa shape index (κ3) is 4.19. The third-order valence-corrected chi connectivity index (χ3v) is 9.06. The van der Waals surface area contributed by atoms with E-state index in [1.807, 2.05) is 72.8 Å². The van der Waals surface area contributed by atoms with Crippen LogP contribution in [-0.4, -0.2) is 11.8 Å². The molecule has 0 unspecified atom stereocenters. The summed E-state index contributed by atoms with van der Waals surface area (Å²) in [5.41, 5.74) is 7.06. The fraction of sp³-hybridized carbons (Fsp3) is 0.0500. The summed E-state index contributed by atoms with van der Waals surface area (Å²) >= 11 is 0. The first-order chi connectivity index (χ1) is 22.6. The lowest BCUT2D eigenvalue weighted by atomic mass is 9.66. The van der Waals surface area contributed by atoms with Gasteiger partial charge in [-0.15, -0.1) is 0 Å². The molecule has 6 heteroatoms. The van der Waals surface area contributed by atoms with Crippen molar-refractivity contribution in [3.8, 4) is 0 Å². The number of fused-ring (bicyclic) bond motifs is 5. The lowest BCUT2D eigenvalue weighted by Gasteiger charge is -2.42. The number of benzene rings is 6. The van der Waals surface area contributed by atoms with E-state index in [1.54, 1.807) is 24.3 Å². The Labute approximate surface area is 267 Å². The molecule has 0 aliphatic carbocycles. The van der Waals surface area contributed by atoms with Crippen LogP contribution in [0, 0.1) is 0 Å². The van der Waals surface area contributed by atoms with Gasteiger partial charge in [-0.1, -0.05) is 103 Å². The zero-order valence-electron chi connectivity index (χ0n) is 24.8. The van der Waals surface area contributed by atoms with E-state index in [4.69, 9.17) is 0 Å². The van der Waals surface area contributed by atoms with Gasteiger partial charge in [-0.3, -0.25) is 9.59 Å². The van der Waals surface area contributed by atoms with E-state index in [0.717, 1.165) is 33.6 Å². The van der Waals surface area contributed by atoms with Crippen molar-refractivity contribution in [3.05, 3.63) is 191 Å². The Morgan fingerprint density at radius 2 is 0.870 bits per heavy atom. The number of anilines is 4. The summed E-state index contributed by atoms with van der Waals surface area (Å²) in [4.78, 5) is 26.3. The van der Waals surface area contributed by atoms with Crippen LogP contribution in [0.25, 0.3) is 0 Å². The van der Waals surface area contributed by atoms with Gasteiger partial charge < -0.3 is 21.3 Å². The van der Waals surface area contributed by atoms with Crippen LogP contribution in [0.1, 0.15) is 43.0 Å². The molecule has 8 rings (SSSR count). The summed E-state index contributed by atoms with van der Waals surface area (Å²) in [6, 6.07) is 51.4. The largest absolute Gasteiger partial charge is 0.369 e. The minimum Gasteiger partial charge on any atom is -0.369 e. The molecule has 46 heavy (non-hydrogen) atoms. The highest BCUT2D eigenvalue weighted by Crippen LogP contribution is 2.64. The van der Waals surface area contributed by atoms with Crippen molar-refractivity contribution in [2.45, 2.75) is 11.1 Å². The molecule has 2 heterocycles. The highest BCUT2D eigenvalue weighted by Gasteiger charge is 2.65. The van der Waals surface area contributed by atoms with E-state index in [0.29, 0.717) is 22.5 Å². The molecule has 2 aliphatic rings. The summed E-state index contributed by atoms with van der Waals surface area (Å²) < 4.78 is 0. The predicted molar refractivity (Wildman–Crippen MR) is 183 cm³/mol. The van der Waals surface area contributed by atoms with Gasteiger partial charge in [0.1, 0.15) is 11.1 Å². The zero-order valence-corrected chi connectivity index (χ0v) is 24.8. The van der Waals surface area contributed by atoms with E-state index in [1.165, 1.54) is 0 Å². The van der Waals surface area contributed by atoms with Crippen molar-refractivity contribution >= 4 is 34.6 Å². The molecular weight excluding hydrogens is 568 g/mol. The SMILES string of the molecule is O=C(Nc1ccc2c(c1)N[C@@]1(c3ccccc3)c3cc(NC(=O)c4ccccc4)ccc3N[C@]21c1ccccc1)c1ccccc1. The van der Waals surface area contributed by atoms with Gasteiger partial charge in [-0.05, 0) is 65.7 Å². The molecular formula is C40H30N4O2. The second kappa shape index (κ2) is 10.8. The summed E-state index contributed by atoms with van der Waals surface area (Å²) in [6.07, 6.45) is 0. The van der Waals surface area contributed by atoms with Crippen LogP contribution in [0.4, 0.5) is 22.7 Å². The number of carbonyl (C=O) groups excluding carboxylic acids is 2. The minimum absolute atomic E-state index is 0.170. The van der Waals surface area contributed by atoms with Crippen LogP contribution in [-0.2, 0) is 11.1 Å². The average Bonchev–Trinajstić information content (AvgIpc) is 3.57. The summed E-state index contributed by atoms with van der Waals surface area (Å²) in [5.74, 6) is -0.340. The van der Waals surface area contributed by atoms with Crippen LogP contribution in [0.15, 0.2) is 158 Å². The molecule has 6 aromatic carbocycles. The highest BCUT2D eigenvalue weighted by molar-refractivity contribution is 6.05. The van der Waals surface area contributed by atoms with Gasteiger partial charge in [0.15, 0.2) is 0 Å². The van der Waals surface area contributed by atoms with Crippen molar-refractivity contribution in [1.29, 1.82) is 0 Å². The average molecular weight is 599 g/mol. The molecule has 0 fully saturated rings. The normalized spacial score (nSPS) is 18.7. The quantitative estimate of drug-likeness (QED) is 0.156. The molecule has 6 aromatic rings. The molecule has 0 spiro atoms.